The summed E-state index contributed by atoms with van der Waals surface area (Å²) in [5, 5.41) is 2.54. The second-order valence-corrected chi connectivity index (χ2v) is 39.8. The van der Waals surface area contributed by atoms with E-state index in [9.17, 15) is 9.59 Å². The molecule has 0 bridgehead atoms. The van der Waals surface area contributed by atoms with Crippen LogP contribution in [0.15, 0.2) is 89.1 Å². The van der Waals surface area contributed by atoms with Gasteiger partial charge >= 0.3 is 146 Å². The quantitative estimate of drug-likeness (QED) is 0.0431. The van der Waals surface area contributed by atoms with Crippen LogP contribution in [0.1, 0.15) is 135 Å². The van der Waals surface area contributed by atoms with Crippen molar-refractivity contribution in [1.82, 2.24) is 29.9 Å². The number of carbonyl (C=O) groups is 2. The molecule has 82 heavy (non-hydrogen) atoms. The van der Waals surface area contributed by atoms with Crippen LogP contribution in [0, 0.1) is 13.8 Å². The fourth-order valence-corrected chi connectivity index (χ4v) is 28.5. The summed E-state index contributed by atoms with van der Waals surface area (Å²) in [5.74, 6) is -0.906. The number of ether oxygens (including phenoxy) is 4. The standard InChI is InChI=1S/C25H23Cl2N3O3S.C21H21BrClNO3S.C4H2ClN2.3C4H9.Sn/c1-13-12-17-21(34-22(29-17)16-10-11-28-24(27)30-16)19(14-6-8-15(26)9-7-14)18(13)20(23(31)32-5)33-25(2,3)4;1-11-10-14-18(28-20(22)24-14)16(12-6-8-13(23)9-7-12)15(11)17(19(25)26-5)27-21(2,3)4;5-4-6-2-1-3-7-4;3*1-3-4-2;/h6-12,20H,1-5H3;6-10,17H,1-5H3;1-2H;3*1,3-4H2,2H3;/t20-;17-;;;;;/m00...../s1. The molecule has 4 aromatic carbocycles. The first-order chi connectivity index (χ1) is 38.9. The molecule has 0 saturated heterocycles. The number of esters is 2. The van der Waals surface area contributed by atoms with E-state index in [-0.39, 0.29) is 5.28 Å². The Kier molecular flexibility index (Phi) is 25.0. The van der Waals surface area contributed by atoms with Gasteiger partial charge in [0.1, 0.15) is 10.7 Å². The van der Waals surface area contributed by atoms with Crippen molar-refractivity contribution in [2.45, 2.75) is 151 Å². The van der Waals surface area contributed by atoms with Gasteiger partial charge < -0.3 is 18.9 Å². The van der Waals surface area contributed by atoms with E-state index in [0.717, 1.165) is 68.9 Å². The fraction of sp³-hybridized carbons (Fsp3) is 0.419. The van der Waals surface area contributed by atoms with Crippen molar-refractivity contribution in [2.75, 3.05) is 14.2 Å². The van der Waals surface area contributed by atoms with Crippen LogP contribution in [0.25, 0.3) is 53.4 Å². The van der Waals surface area contributed by atoms with Crippen molar-refractivity contribution in [2.24, 2.45) is 0 Å². The molecule has 0 saturated carbocycles. The van der Waals surface area contributed by atoms with E-state index in [0.29, 0.717) is 26.0 Å². The molecule has 0 aliphatic rings. The molecule has 438 valence electrons. The summed E-state index contributed by atoms with van der Waals surface area (Å²) in [5.41, 5.74) is 8.00. The summed E-state index contributed by atoms with van der Waals surface area (Å²) < 4.78 is 30.9. The summed E-state index contributed by atoms with van der Waals surface area (Å²) in [6, 6.07) is 22.9. The van der Waals surface area contributed by atoms with E-state index in [1.54, 1.807) is 12.3 Å². The third kappa shape index (κ3) is 17.9. The van der Waals surface area contributed by atoms with Gasteiger partial charge in [-0.3, -0.25) is 0 Å². The van der Waals surface area contributed by atoms with Crippen LogP contribution in [0.3, 0.4) is 0 Å². The van der Waals surface area contributed by atoms with Gasteiger partial charge in [-0.15, -0.1) is 22.7 Å². The zero-order valence-electron chi connectivity index (χ0n) is 48.9. The molecule has 4 heterocycles. The van der Waals surface area contributed by atoms with Gasteiger partial charge in [0.15, 0.2) is 16.1 Å². The van der Waals surface area contributed by atoms with E-state index < -0.39 is 53.7 Å². The molecule has 4 aromatic heterocycles. The number of unbranched alkanes of at least 4 members (excludes halogenated alkanes) is 3. The Morgan fingerprint density at radius 1 is 0.585 bits per heavy atom. The normalized spacial score (nSPS) is 12.6. The van der Waals surface area contributed by atoms with E-state index >= 15 is 0 Å². The zero-order valence-corrected chi connectivity index (χ0v) is 58.0. The van der Waals surface area contributed by atoms with Crippen molar-refractivity contribution in [1.29, 1.82) is 0 Å². The predicted molar refractivity (Wildman–Crippen MR) is 346 cm³/mol. The van der Waals surface area contributed by atoms with E-state index in [1.165, 1.54) is 92.4 Å². The van der Waals surface area contributed by atoms with Crippen molar-refractivity contribution in [3.8, 4) is 33.0 Å². The van der Waals surface area contributed by atoms with Crippen molar-refractivity contribution >= 4 is 139 Å². The Balaban J connectivity index is 0.000000205. The molecule has 8 rings (SSSR count). The Hall–Kier alpha value is -3.88. The molecule has 0 aliphatic carbocycles. The summed E-state index contributed by atoms with van der Waals surface area (Å²) in [6.07, 6.45) is 9.58. The summed E-state index contributed by atoms with van der Waals surface area (Å²) >= 11 is 28.4. The Morgan fingerprint density at radius 2 is 1.00 bits per heavy atom. The molecule has 0 N–H and O–H groups in total. The first-order valence-electron chi connectivity index (χ1n) is 27.4. The average Bonchev–Trinajstić information content (AvgIpc) is 3.92. The maximum atomic E-state index is 13.0. The smallest absolute Gasteiger partial charge is 0.339 e. The molecular formula is C62H73BrCl4N6O6S2Sn. The number of nitrogens with zero attached hydrogens (tertiary/aromatic N) is 6. The molecule has 0 radical (unpaired) electrons. The number of carbonyl (C=O) groups excluding carboxylic acids is 2. The van der Waals surface area contributed by atoms with Crippen LogP contribution in [0.2, 0.25) is 33.9 Å². The molecule has 2 atom stereocenters. The van der Waals surface area contributed by atoms with Crippen LogP contribution in [-0.2, 0) is 28.5 Å². The summed E-state index contributed by atoms with van der Waals surface area (Å²) in [4.78, 5) is 52.1. The van der Waals surface area contributed by atoms with Crippen LogP contribution < -0.4 is 3.71 Å². The molecule has 0 fully saturated rings. The number of hydrogen-bond acceptors (Lipinski definition) is 14. The number of rotatable bonds is 19. The molecule has 0 unspecified atom stereocenters. The minimum Gasteiger partial charge on any atom is -0.467 e. The van der Waals surface area contributed by atoms with Crippen molar-refractivity contribution < 1.29 is 28.5 Å². The Labute approximate surface area is 523 Å². The first-order valence-corrected chi connectivity index (χ1v) is 38.8. The molecular weight excluding hydrogens is 1330 g/mol. The number of thiazole rings is 2. The van der Waals surface area contributed by atoms with Gasteiger partial charge in [-0.2, -0.15) is 0 Å². The number of aromatic nitrogens is 6. The minimum absolute atomic E-state index is 0.149. The monoisotopic (exact) mass is 1400 g/mol. The van der Waals surface area contributed by atoms with Gasteiger partial charge in [0.25, 0.3) is 0 Å². The van der Waals surface area contributed by atoms with Crippen molar-refractivity contribution in [3.63, 3.8) is 0 Å². The number of benzene rings is 4. The van der Waals surface area contributed by atoms with E-state index in [2.05, 4.69) is 67.7 Å². The van der Waals surface area contributed by atoms with E-state index in [4.69, 9.17) is 70.3 Å². The SMILES string of the molecule is CCC[CH2][Sn]([CH2]CCC)([CH2]CCC)[c]1ccnc(Cl)n1.COC(=O)[C@@H](OC(C)(C)C)c1c(C)cc2nc(-c3ccnc(Cl)n3)sc2c1-c1ccc(Cl)cc1.COC(=O)[C@@H](OC(C)(C)C)c1c(C)cc2nc(Br)sc2c1-c1ccc(Cl)cc1. The molecule has 0 amide bonds. The van der Waals surface area contributed by atoms with Gasteiger partial charge in [-0.1, -0.05) is 47.5 Å². The predicted octanol–water partition coefficient (Wildman–Crippen LogP) is 19.0. The number of aryl methyl sites for hydroxylation is 2. The van der Waals surface area contributed by atoms with Gasteiger partial charge in [0.2, 0.25) is 5.28 Å². The van der Waals surface area contributed by atoms with Crippen LogP contribution in [0.4, 0.5) is 0 Å². The molecule has 12 nitrogen and oxygen atoms in total. The zero-order chi connectivity index (χ0) is 60.1. The van der Waals surface area contributed by atoms with E-state index in [1.807, 2.05) is 122 Å². The molecule has 8 aromatic rings. The van der Waals surface area contributed by atoms with Gasteiger partial charge in [-0.05, 0) is 148 Å². The fourth-order valence-electron chi connectivity index (χ4n) is 9.75. The molecule has 0 spiro atoms. The van der Waals surface area contributed by atoms with Gasteiger partial charge in [-0.25, -0.2) is 29.5 Å². The van der Waals surface area contributed by atoms with Crippen molar-refractivity contribution in [3.05, 3.63) is 132 Å². The van der Waals surface area contributed by atoms with Crippen LogP contribution in [-0.4, -0.2) is 85.6 Å². The third-order valence-electron chi connectivity index (χ3n) is 13.4. The second kappa shape index (κ2) is 30.5. The number of fused-ring (bicyclic) bond motifs is 2. The van der Waals surface area contributed by atoms with Crippen LogP contribution >= 0.6 is 85.0 Å². The first kappa shape index (κ1) is 67.2. The maximum Gasteiger partial charge on any atom is 0.339 e. The molecule has 20 heteroatoms. The number of methoxy groups -OCH3 is 2. The largest absolute Gasteiger partial charge is 0.467 e. The number of halogens is 5. The second-order valence-electron chi connectivity index (χ2n) is 21.9. The third-order valence-corrected chi connectivity index (χ3v) is 32.1. The Morgan fingerprint density at radius 3 is 1.40 bits per heavy atom. The minimum atomic E-state index is -2.37. The van der Waals surface area contributed by atoms with Crippen LogP contribution in [0.5, 0.6) is 0 Å². The Bertz CT molecular complexity index is 3420. The maximum absolute atomic E-state index is 13.0. The van der Waals surface area contributed by atoms with Gasteiger partial charge in [0.05, 0.1) is 45.9 Å². The molecule has 0 aliphatic heterocycles. The topological polar surface area (TPSA) is 148 Å². The van der Waals surface area contributed by atoms with Gasteiger partial charge in [0, 0.05) is 38.5 Å². The summed E-state index contributed by atoms with van der Waals surface area (Å²) in [6.45, 7) is 22.3. The summed E-state index contributed by atoms with van der Waals surface area (Å²) in [7, 11) is 2.74. The number of hydrogen-bond donors (Lipinski definition) is 0. The average molecular weight is 1400 g/mol.